The van der Waals surface area contributed by atoms with Gasteiger partial charge in [0, 0.05) is 25.7 Å². The molecule has 0 rings (SSSR count). The van der Waals surface area contributed by atoms with E-state index in [0.29, 0.717) is 31.6 Å². The number of rotatable bonds is 77. The van der Waals surface area contributed by atoms with Crippen LogP contribution in [0.5, 0.6) is 0 Å². The van der Waals surface area contributed by atoms with Gasteiger partial charge >= 0.3 is 39.5 Å². The zero-order valence-corrected chi connectivity index (χ0v) is 66.0. The van der Waals surface area contributed by atoms with Crippen molar-refractivity contribution in [2.45, 2.75) is 426 Å². The van der Waals surface area contributed by atoms with Crippen LogP contribution < -0.4 is 0 Å². The van der Waals surface area contributed by atoms with Crippen LogP contribution in [0.4, 0.5) is 0 Å². The van der Waals surface area contributed by atoms with Crippen molar-refractivity contribution in [1.82, 2.24) is 0 Å². The molecule has 6 atom stereocenters. The van der Waals surface area contributed by atoms with Gasteiger partial charge in [-0.05, 0) is 43.4 Å². The molecule has 98 heavy (non-hydrogen) atoms. The molecule has 0 heterocycles. The molecule has 3 N–H and O–H groups in total. The van der Waals surface area contributed by atoms with E-state index in [-0.39, 0.29) is 25.7 Å². The van der Waals surface area contributed by atoms with Crippen molar-refractivity contribution in [2.75, 3.05) is 39.6 Å². The smallest absolute Gasteiger partial charge is 0.462 e. The van der Waals surface area contributed by atoms with Gasteiger partial charge in [0.25, 0.3) is 0 Å². The molecular weight excluding hydrogens is 1280 g/mol. The molecule has 19 heteroatoms. The summed E-state index contributed by atoms with van der Waals surface area (Å²) in [5.41, 5.74) is 0. The molecular formula is C79H154O17P2. The van der Waals surface area contributed by atoms with Gasteiger partial charge in [-0.3, -0.25) is 37.3 Å². The standard InChI is InChI=1S/C79H154O17P2/c1-8-10-11-12-13-14-15-16-17-23-26-29-32-38-46-53-60-76(81)89-66-74(95-78(83)62-55-48-39-33-30-27-24-21-19-18-20-22-25-28-31-36-43-50-57-70(3)4)68-93-97(85,86)91-64-73(80)65-92-98(87,88)94-69-75(67-90-77(82)61-54-47-42-41-44-51-58-71(5)6)96-79(84)63-56-49-40-35-34-37-45-52-59-72(7)9-2/h70-75,80H,8-69H2,1-7H3,(H,85,86)(H,87,88)/t72?,73-,74-,75-/m1/s1. The average Bonchev–Trinajstić information content (AvgIpc) is 1.06. The summed E-state index contributed by atoms with van der Waals surface area (Å²) in [5.74, 6) is 0.152. The van der Waals surface area contributed by atoms with Gasteiger partial charge in [-0.25, -0.2) is 9.13 Å². The minimum absolute atomic E-state index is 0.104. The Hall–Kier alpha value is -1.94. The minimum atomic E-state index is -4.96. The topological polar surface area (TPSA) is 237 Å². The third kappa shape index (κ3) is 71.1. The zero-order chi connectivity index (χ0) is 72.3. The van der Waals surface area contributed by atoms with Gasteiger partial charge in [-0.15, -0.1) is 0 Å². The first-order valence-corrected chi connectivity index (χ1v) is 43.9. The molecule has 0 aromatic heterocycles. The highest BCUT2D eigenvalue weighted by atomic mass is 31.2. The van der Waals surface area contributed by atoms with E-state index in [1.165, 1.54) is 212 Å². The largest absolute Gasteiger partial charge is 0.472 e. The summed E-state index contributed by atoms with van der Waals surface area (Å²) in [6.45, 7) is 11.9. The molecule has 0 saturated heterocycles. The number of phosphoric acid groups is 2. The molecule has 0 aromatic carbocycles. The number of carbonyl (C=O) groups excluding carboxylic acids is 4. The van der Waals surface area contributed by atoms with E-state index >= 15 is 0 Å². The Morgan fingerprint density at radius 2 is 0.520 bits per heavy atom. The highest BCUT2D eigenvalue weighted by Crippen LogP contribution is 2.45. The molecule has 0 spiro atoms. The molecule has 0 fully saturated rings. The van der Waals surface area contributed by atoms with E-state index in [0.717, 1.165) is 108 Å². The normalized spacial score (nSPS) is 14.3. The lowest BCUT2D eigenvalue weighted by Gasteiger charge is -2.21. The summed E-state index contributed by atoms with van der Waals surface area (Å²) in [4.78, 5) is 72.9. The van der Waals surface area contributed by atoms with Gasteiger partial charge in [-0.2, -0.15) is 0 Å². The van der Waals surface area contributed by atoms with Crippen LogP contribution in [0.3, 0.4) is 0 Å². The Bertz CT molecular complexity index is 1910. The highest BCUT2D eigenvalue weighted by molar-refractivity contribution is 7.47. The molecule has 0 aliphatic rings. The van der Waals surface area contributed by atoms with Crippen LogP contribution in [-0.4, -0.2) is 96.7 Å². The van der Waals surface area contributed by atoms with Gasteiger partial charge < -0.3 is 33.8 Å². The number of esters is 4. The maximum Gasteiger partial charge on any atom is 0.472 e. The maximum absolute atomic E-state index is 13.1. The predicted octanol–water partition coefficient (Wildman–Crippen LogP) is 23.4. The molecule has 0 aliphatic heterocycles. The fourth-order valence-corrected chi connectivity index (χ4v) is 13.7. The van der Waals surface area contributed by atoms with Crippen LogP contribution in [-0.2, 0) is 65.4 Å². The van der Waals surface area contributed by atoms with Crippen LogP contribution in [0.15, 0.2) is 0 Å². The SMILES string of the molecule is CCCCCCCCCCCCCCCCCCC(=O)OC[C@H](COP(=O)(O)OC[C@@H](O)COP(=O)(O)OC[C@@H](COC(=O)CCCCCCCCC(C)C)OC(=O)CCCCCCCCCCC(C)CC)OC(=O)CCCCCCCCCCCCCCCCCCCCC(C)C. The van der Waals surface area contributed by atoms with Crippen LogP contribution in [0.25, 0.3) is 0 Å². The molecule has 3 unspecified atom stereocenters. The first-order chi connectivity index (χ1) is 47.3. The summed E-state index contributed by atoms with van der Waals surface area (Å²) in [5, 5.41) is 10.6. The molecule has 0 bridgehead atoms. The van der Waals surface area contributed by atoms with Crippen molar-refractivity contribution in [3.8, 4) is 0 Å². The van der Waals surface area contributed by atoms with Crippen molar-refractivity contribution in [3.63, 3.8) is 0 Å². The van der Waals surface area contributed by atoms with Crippen molar-refractivity contribution in [1.29, 1.82) is 0 Å². The summed E-state index contributed by atoms with van der Waals surface area (Å²) in [7, 11) is -9.92. The van der Waals surface area contributed by atoms with Gasteiger partial charge in [-0.1, -0.05) is 357 Å². The maximum atomic E-state index is 13.1. The van der Waals surface area contributed by atoms with Crippen molar-refractivity contribution in [3.05, 3.63) is 0 Å². The molecule has 0 saturated carbocycles. The van der Waals surface area contributed by atoms with Gasteiger partial charge in [0.1, 0.15) is 19.3 Å². The summed E-state index contributed by atoms with van der Waals surface area (Å²) >= 11 is 0. The first kappa shape index (κ1) is 96.1. The van der Waals surface area contributed by atoms with Crippen molar-refractivity contribution in [2.24, 2.45) is 17.8 Å². The fraction of sp³-hybridized carbons (Fsp3) is 0.949. The van der Waals surface area contributed by atoms with Crippen LogP contribution in [0.1, 0.15) is 408 Å². The summed E-state index contributed by atoms with van der Waals surface area (Å²) in [6, 6.07) is 0. The van der Waals surface area contributed by atoms with Gasteiger partial charge in [0.05, 0.1) is 26.4 Å². The second kappa shape index (κ2) is 69.4. The molecule has 0 aromatic rings. The summed E-state index contributed by atoms with van der Waals surface area (Å²) < 4.78 is 68.6. The number of hydrogen-bond acceptors (Lipinski definition) is 15. The average molecular weight is 1440 g/mol. The van der Waals surface area contributed by atoms with Crippen molar-refractivity contribution < 1.29 is 80.2 Å². The zero-order valence-electron chi connectivity index (χ0n) is 64.3. The molecule has 0 amide bonds. The van der Waals surface area contributed by atoms with E-state index in [1.807, 2.05) is 0 Å². The third-order valence-electron chi connectivity index (χ3n) is 18.7. The lowest BCUT2D eigenvalue weighted by atomic mass is 9.99. The Kier molecular flexibility index (Phi) is 68.1. The fourth-order valence-electron chi connectivity index (χ4n) is 12.1. The van der Waals surface area contributed by atoms with Crippen LogP contribution >= 0.6 is 15.6 Å². The Labute approximate surface area is 600 Å². The minimum Gasteiger partial charge on any atom is -0.462 e. The number of aliphatic hydroxyl groups excluding tert-OH is 1. The molecule has 0 radical (unpaired) electrons. The summed E-state index contributed by atoms with van der Waals surface area (Å²) in [6.07, 6.45) is 57.1. The van der Waals surface area contributed by atoms with Crippen LogP contribution in [0, 0.1) is 17.8 Å². The number of unbranched alkanes of at least 4 members (excludes halogenated alkanes) is 44. The predicted molar refractivity (Wildman–Crippen MR) is 400 cm³/mol. The quantitative estimate of drug-likeness (QED) is 0.0222. The molecule has 0 aliphatic carbocycles. The Balaban J connectivity index is 5.21. The van der Waals surface area contributed by atoms with Gasteiger partial charge in [0.15, 0.2) is 12.2 Å². The third-order valence-corrected chi connectivity index (χ3v) is 20.6. The lowest BCUT2D eigenvalue weighted by molar-refractivity contribution is -0.161. The number of aliphatic hydroxyl groups is 1. The van der Waals surface area contributed by atoms with Crippen molar-refractivity contribution >= 4 is 39.5 Å². The van der Waals surface area contributed by atoms with Gasteiger partial charge in [0.2, 0.25) is 0 Å². The second-order valence-electron chi connectivity index (χ2n) is 29.6. The number of hydrogen-bond donors (Lipinski definition) is 3. The highest BCUT2D eigenvalue weighted by Gasteiger charge is 2.30. The van der Waals surface area contributed by atoms with E-state index in [1.54, 1.807) is 0 Å². The Morgan fingerprint density at radius 3 is 0.776 bits per heavy atom. The first-order valence-electron chi connectivity index (χ1n) is 40.9. The second-order valence-corrected chi connectivity index (χ2v) is 32.6. The number of phosphoric ester groups is 2. The van der Waals surface area contributed by atoms with E-state index in [9.17, 15) is 43.2 Å². The monoisotopic (exact) mass is 1440 g/mol. The lowest BCUT2D eigenvalue weighted by Crippen LogP contribution is -2.30. The number of ether oxygens (including phenoxy) is 4. The molecule has 582 valence electrons. The Morgan fingerprint density at radius 1 is 0.296 bits per heavy atom. The number of carbonyl (C=O) groups is 4. The molecule has 17 nitrogen and oxygen atoms in total. The van der Waals surface area contributed by atoms with Crippen LogP contribution in [0.2, 0.25) is 0 Å². The van der Waals surface area contributed by atoms with E-state index in [4.69, 9.17) is 37.0 Å². The van der Waals surface area contributed by atoms with E-state index in [2.05, 4.69) is 48.5 Å². The van der Waals surface area contributed by atoms with E-state index < -0.39 is 97.5 Å².